The fourth-order valence-electron chi connectivity index (χ4n) is 3.11. The molecule has 0 saturated heterocycles. The van der Waals surface area contributed by atoms with Gasteiger partial charge in [0.15, 0.2) is 5.78 Å². The van der Waals surface area contributed by atoms with Gasteiger partial charge in [0.25, 0.3) is 0 Å². The molecule has 2 aromatic carbocycles. The molecule has 1 heterocycles. The Morgan fingerprint density at radius 3 is 2.55 bits per heavy atom. The van der Waals surface area contributed by atoms with E-state index in [2.05, 4.69) is 6.58 Å². The summed E-state index contributed by atoms with van der Waals surface area (Å²) in [6, 6.07) is 15.6. The van der Waals surface area contributed by atoms with Gasteiger partial charge in [-0.25, -0.2) is 0 Å². The van der Waals surface area contributed by atoms with Crippen molar-refractivity contribution in [1.82, 2.24) is 0 Å². The van der Waals surface area contributed by atoms with Gasteiger partial charge in [-0.05, 0) is 54.6 Å². The van der Waals surface area contributed by atoms with Gasteiger partial charge in [0, 0.05) is 32.3 Å². The summed E-state index contributed by atoms with van der Waals surface area (Å²) in [5.74, 6) is 0.747. The standard InChI is InChI=1S/C24H22ClNO2S/c1-4-22(16(3)27)24-23(15(2)26)19(14-29-24)13-28-21-7-5-6-18(12-21)17-8-10-20(25)11-9-17/h4-12,14H,2,13,26H2,1,3H3/b22-4-. The Hall–Kier alpha value is -2.82. The number of halogens is 1. The molecule has 0 spiro atoms. The van der Waals surface area contributed by atoms with Crippen LogP contribution in [0, 0.1) is 0 Å². The average molecular weight is 424 g/mol. The predicted octanol–water partition coefficient (Wildman–Crippen LogP) is 6.57. The Balaban J connectivity index is 1.84. The normalized spacial score (nSPS) is 11.3. The Labute approximate surface area is 180 Å². The molecule has 2 N–H and O–H groups in total. The number of hydrogen-bond donors (Lipinski definition) is 1. The molecule has 0 aliphatic rings. The van der Waals surface area contributed by atoms with E-state index in [1.165, 1.54) is 11.3 Å². The van der Waals surface area contributed by atoms with E-state index in [-0.39, 0.29) is 5.78 Å². The zero-order valence-electron chi connectivity index (χ0n) is 16.4. The molecule has 5 heteroatoms. The lowest BCUT2D eigenvalue weighted by atomic mass is 10.0. The van der Waals surface area contributed by atoms with Crippen molar-refractivity contribution in [1.29, 1.82) is 0 Å². The van der Waals surface area contributed by atoms with Crippen molar-refractivity contribution in [2.75, 3.05) is 0 Å². The number of carbonyl (C=O) groups is 1. The van der Waals surface area contributed by atoms with E-state index in [9.17, 15) is 4.79 Å². The van der Waals surface area contributed by atoms with E-state index in [0.717, 1.165) is 32.9 Å². The van der Waals surface area contributed by atoms with E-state index in [0.29, 0.717) is 22.9 Å². The third-order valence-electron chi connectivity index (χ3n) is 4.51. The molecule has 0 aliphatic carbocycles. The molecule has 0 atom stereocenters. The Kier molecular flexibility index (Phi) is 6.57. The van der Waals surface area contributed by atoms with Crippen LogP contribution in [0.4, 0.5) is 0 Å². The number of benzene rings is 2. The van der Waals surface area contributed by atoms with Crippen LogP contribution in [0.1, 0.15) is 29.9 Å². The van der Waals surface area contributed by atoms with E-state index >= 15 is 0 Å². The van der Waals surface area contributed by atoms with Crippen molar-refractivity contribution in [3.63, 3.8) is 0 Å². The molecule has 3 aromatic rings. The second-order valence-electron chi connectivity index (χ2n) is 6.57. The fraction of sp³-hybridized carbons (Fsp3) is 0.125. The summed E-state index contributed by atoms with van der Waals surface area (Å²) in [5.41, 5.74) is 10.9. The lowest BCUT2D eigenvalue weighted by molar-refractivity contribution is -0.111. The number of ether oxygens (including phenoxy) is 1. The first-order valence-corrected chi connectivity index (χ1v) is 10.4. The fourth-order valence-corrected chi connectivity index (χ4v) is 4.45. The van der Waals surface area contributed by atoms with E-state index in [4.69, 9.17) is 22.1 Å². The minimum Gasteiger partial charge on any atom is -0.489 e. The summed E-state index contributed by atoms with van der Waals surface area (Å²) in [6.45, 7) is 7.62. The van der Waals surface area contributed by atoms with Crippen molar-refractivity contribution < 1.29 is 9.53 Å². The van der Waals surface area contributed by atoms with E-state index < -0.39 is 0 Å². The molecule has 3 rings (SSSR count). The summed E-state index contributed by atoms with van der Waals surface area (Å²) in [7, 11) is 0. The van der Waals surface area contributed by atoms with Crippen LogP contribution in [0.25, 0.3) is 22.4 Å². The quantitative estimate of drug-likeness (QED) is 0.437. The van der Waals surface area contributed by atoms with Crippen LogP contribution >= 0.6 is 22.9 Å². The van der Waals surface area contributed by atoms with Crippen molar-refractivity contribution in [2.24, 2.45) is 5.73 Å². The lowest BCUT2D eigenvalue weighted by Crippen LogP contribution is -2.05. The third-order valence-corrected chi connectivity index (χ3v) is 5.82. The first kappa shape index (κ1) is 20.9. The molecule has 0 unspecified atom stereocenters. The second kappa shape index (κ2) is 9.12. The maximum Gasteiger partial charge on any atom is 0.160 e. The molecule has 148 valence electrons. The maximum absolute atomic E-state index is 12.0. The van der Waals surface area contributed by atoms with Gasteiger partial charge in [0.05, 0.1) is 0 Å². The van der Waals surface area contributed by atoms with Gasteiger partial charge >= 0.3 is 0 Å². The molecule has 1 aromatic heterocycles. The van der Waals surface area contributed by atoms with Crippen LogP contribution in [-0.4, -0.2) is 5.78 Å². The number of carbonyl (C=O) groups excluding carboxylic acids is 1. The zero-order valence-corrected chi connectivity index (χ0v) is 17.9. The molecule has 3 nitrogen and oxygen atoms in total. The van der Waals surface area contributed by atoms with Crippen LogP contribution in [0.15, 0.2) is 66.6 Å². The first-order valence-electron chi connectivity index (χ1n) is 9.12. The highest BCUT2D eigenvalue weighted by atomic mass is 35.5. The van der Waals surface area contributed by atoms with Crippen LogP contribution in [-0.2, 0) is 11.4 Å². The predicted molar refractivity (Wildman–Crippen MR) is 123 cm³/mol. The molecule has 0 saturated carbocycles. The van der Waals surface area contributed by atoms with Gasteiger partial charge in [-0.3, -0.25) is 4.79 Å². The third kappa shape index (κ3) is 4.78. The smallest absolute Gasteiger partial charge is 0.160 e. The lowest BCUT2D eigenvalue weighted by Gasteiger charge is -2.11. The molecule has 0 amide bonds. The van der Waals surface area contributed by atoms with Crippen LogP contribution < -0.4 is 10.5 Å². The Morgan fingerprint density at radius 2 is 1.93 bits per heavy atom. The summed E-state index contributed by atoms with van der Waals surface area (Å²) in [5, 5.41) is 2.67. The number of nitrogens with two attached hydrogens (primary N) is 1. The molecule has 0 aliphatic heterocycles. The molecule has 0 radical (unpaired) electrons. The van der Waals surface area contributed by atoms with Gasteiger partial charge in [0.2, 0.25) is 0 Å². The minimum atomic E-state index is -0.0000148. The number of rotatable bonds is 7. The highest BCUT2D eigenvalue weighted by molar-refractivity contribution is 7.12. The highest BCUT2D eigenvalue weighted by Crippen LogP contribution is 2.34. The van der Waals surface area contributed by atoms with Crippen LogP contribution in [0.2, 0.25) is 5.02 Å². The molecular weight excluding hydrogens is 402 g/mol. The Morgan fingerprint density at radius 1 is 1.21 bits per heavy atom. The summed E-state index contributed by atoms with van der Waals surface area (Å²) in [4.78, 5) is 12.8. The van der Waals surface area contributed by atoms with Crippen molar-refractivity contribution in [3.05, 3.63) is 87.6 Å². The number of thiophene rings is 1. The first-order chi connectivity index (χ1) is 13.9. The molecule has 0 bridgehead atoms. The van der Waals surface area contributed by atoms with Crippen molar-refractivity contribution >= 4 is 40.0 Å². The summed E-state index contributed by atoms with van der Waals surface area (Å²) < 4.78 is 6.04. The number of hydrogen-bond acceptors (Lipinski definition) is 4. The van der Waals surface area contributed by atoms with Crippen LogP contribution in [0.5, 0.6) is 5.75 Å². The van der Waals surface area contributed by atoms with Gasteiger partial charge in [-0.2, -0.15) is 0 Å². The van der Waals surface area contributed by atoms with Crippen molar-refractivity contribution in [2.45, 2.75) is 20.5 Å². The molecule has 0 fully saturated rings. The summed E-state index contributed by atoms with van der Waals surface area (Å²) in [6.07, 6.45) is 1.81. The topological polar surface area (TPSA) is 52.3 Å². The molecule has 29 heavy (non-hydrogen) atoms. The van der Waals surface area contributed by atoms with Crippen LogP contribution in [0.3, 0.4) is 0 Å². The summed E-state index contributed by atoms with van der Waals surface area (Å²) >= 11 is 7.46. The number of allylic oxidation sites excluding steroid dienone is 2. The Bertz CT molecular complexity index is 1080. The van der Waals surface area contributed by atoms with Gasteiger partial charge in [0.1, 0.15) is 12.4 Å². The number of Topliss-reactive ketones (excluding diaryl/α,β-unsaturated/α-hetero) is 1. The van der Waals surface area contributed by atoms with Gasteiger partial charge in [-0.1, -0.05) is 48.5 Å². The van der Waals surface area contributed by atoms with Gasteiger partial charge in [-0.15, -0.1) is 11.3 Å². The second-order valence-corrected chi connectivity index (χ2v) is 7.89. The van der Waals surface area contributed by atoms with E-state index in [1.54, 1.807) is 13.0 Å². The minimum absolute atomic E-state index is 0.0000148. The zero-order chi connectivity index (χ0) is 21.0. The monoisotopic (exact) mass is 423 g/mol. The highest BCUT2D eigenvalue weighted by Gasteiger charge is 2.19. The van der Waals surface area contributed by atoms with E-state index in [1.807, 2.05) is 60.8 Å². The largest absolute Gasteiger partial charge is 0.489 e. The number of ketones is 1. The maximum atomic E-state index is 12.0. The average Bonchev–Trinajstić information content (AvgIpc) is 3.11. The molecular formula is C24H22ClNO2S. The van der Waals surface area contributed by atoms with Gasteiger partial charge < -0.3 is 10.5 Å². The SMILES string of the molecule is C=C(N)c1c(COc2cccc(-c3ccc(Cl)cc3)c2)csc1/C(=C\C)C(C)=O. The van der Waals surface area contributed by atoms with Crippen molar-refractivity contribution in [3.8, 4) is 16.9 Å².